The van der Waals surface area contributed by atoms with Crippen LogP contribution in [0.5, 0.6) is 0 Å². The van der Waals surface area contributed by atoms with Crippen LogP contribution >= 0.6 is 0 Å². The number of nitrogens with one attached hydrogen (secondary N) is 1. The fourth-order valence-corrected chi connectivity index (χ4v) is 1.44. The van der Waals surface area contributed by atoms with Gasteiger partial charge >= 0.3 is 0 Å². The Morgan fingerprint density at radius 3 is 2.73 bits per heavy atom. The Labute approximate surface area is 91.3 Å². The van der Waals surface area contributed by atoms with Crippen molar-refractivity contribution in [3.8, 4) is 0 Å². The van der Waals surface area contributed by atoms with Crippen LogP contribution < -0.4 is 5.32 Å². The number of carbonyl (C=O) groups excluding carboxylic acids is 1. The van der Waals surface area contributed by atoms with Gasteiger partial charge in [0.05, 0.1) is 6.61 Å². The molecule has 2 atom stereocenters. The Kier molecular flexibility index (Phi) is 4.11. The molecule has 88 valence electrons. The Hall–Kier alpha value is -0.610. The Bertz CT molecular complexity index is 228. The molecule has 0 spiro atoms. The normalized spacial score (nSPS) is 26.3. The monoisotopic (exact) mass is 215 g/mol. The average Bonchev–Trinajstić information content (AvgIpc) is 2.53. The van der Waals surface area contributed by atoms with Gasteiger partial charge in [0, 0.05) is 12.5 Å². The standard InChI is InChI=1S/C11H21NO3/c1-5-8(2)10(13)12-6-9-7-14-11(3,4)15-9/h8-9H,5-7H2,1-4H3,(H,12,13). The van der Waals surface area contributed by atoms with E-state index < -0.39 is 5.79 Å². The maximum atomic E-state index is 11.5. The largest absolute Gasteiger partial charge is 0.353 e. The Morgan fingerprint density at radius 2 is 2.27 bits per heavy atom. The van der Waals surface area contributed by atoms with Crippen molar-refractivity contribution in [1.29, 1.82) is 0 Å². The summed E-state index contributed by atoms with van der Waals surface area (Å²) in [6, 6.07) is 0. The van der Waals surface area contributed by atoms with Crippen molar-refractivity contribution in [2.24, 2.45) is 5.92 Å². The van der Waals surface area contributed by atoms with Crippen LogP contribution in [0.1, 0.15) is 34.1 Å². The average molecular weight is 215 g/mol. The molecule has 0 aromatic rings. The third kappa shape index (κ3) is 3.80. The SMILES string of the molecule is CCC(C)C(=O)NCC1COC(C)(C)O1. The summed E-state index contributed by atoms with van der Waals surface area (Å²) in [6.07, 6.45) is 0.840. The first-order chi connectivity index (χ1) is 6.94. The van der Waals surface area contributed by atoms with E-state index in [1.165, 1.54) is 0 Å². The van der Waals surface area contributed by atoms with Gasteiger partial charge in [-0.15, -0.1) is 0 Å². The van der Waals surface area contributed by atoms with Crippen LogP contribution in [0.2, 0.25) is 0 Å². The molecule has 1 N–H and O–H groups in total. The van der Waals surface area contributed by atoms with Crippen LogP contribution in [0, 0.1) is 5.92 Å². The van der Waals surface area contributed by atoms with Gasteiger partial charge in [-0.1, -0.05) is 13.8 Å². The number of amides is 1. The van der Waals surface area contributed by atoms with Crippen molar-refractivity contribution in [2.45, 2.75) is 46.0 Å². The molecule has 2 unspecified atom stereocenters. The molecule has 0 aliphatic carbocycles. The lowest BCUT2D eigenvalue weighted by Crippen LogP contribution is -2.37. The number of hydrogen-bond acceptors (Lipinski definition) is 3. The Balaban J connectivity index is 2.24. The summed E-state index contributed by atoms with van der Waals surface area (Å²) in [5.74, 6) is -0.350. The molecule has 4 heteroatoms. The molecule has 1 saturated heterocycles. The molecule has 1 heterocycles. The third-order valence-corrected chi connectivity index (χ3v) is 2.63. The van der Waals surface area contributed by atoms with Crippen molar-refractivity contribution >= 4 is 5.91 Å². The van der Waals surface area contributed by atoms with E-state index in [0.717, 1.165) is 6.42 Å². The van der Waals surface area contributed by atoms with Gasteiger partial charge in [-0.25, -0.2) is 0 Å². The summed E-state index contributed by atoms with van der Waals surface area (Å²) in [6.45, 7) is 8.77. The highest BCUT2D eigenvalue weighted by Gasteiger charge is 2.32. The molecule has 4 nitrogen and oxygen atoms in total. The highest BCUT2D eigenvalue weighted by molar-refractivity contribution is 5.78. The summed E-state index contributed by atoms with van der Waals surface area (Å²) in [5, 5.41) is 2.87. The summed E-state index contributed by atoms with van der Waals surface area (Å²) in [4.78, 5) is 11.5. The van der Waals surface area contributed by atoms with Crippen molar-refractivity contribution < 1.29 is 14.3 Å². The number of hydrogen-bond donors (Lipinski definition) is 1. The molecule has 0 bridgehead atoms. The second-order valence-corrected chi connectivity index (χ2v) is 4.51. The molecule has 1 aliphatic heterocycles. The van der Waals surface area contributed by atoms with E-state index in [1.807, 2.05) is 27.7 Å². The van der Waals surface area contributed by atoms with E-state index in [-0.39, 0.29) is 17.9 Å². The summed E-state index contributed by atoms with van der Waals surface area (Å²) < 4.78 is 11.0. The fraction of sp³-hybridized carbons (Fsp3) is 0.909. The third-order valence-electron chi connectivity index (χ3n) is 2.63. The minimum Gasteiger partial charge on any atom is -0.353 e. The molecule has 0 aromatic heterocycles. The second kappa shape index (κ2) is 4.94. The lowest BCUT2D eigenvalue weighted by atomic mass is 10.1. The lowest BCUT2D eigenvalue weighted by molar-refractivity contribution is -0.140. The summed E-state index contributed by atoms with van der Waals surface area (Å²) in [5.41, 5.74) is 0. The molecule has 15 heavy (non-hydrogen) atoms. The molecular weight excluding hydrogens is 194 g/mol. The van der Waals surface area contributed by atoms with E-state index in [0.29, 0.717) is 13.2 Å². The first-order valence-corrected chi connectivity index (χ1v) is 5.54. The van der Waals surface area contributed by atoms with Crippen LogP contribution in [-0.2, 0) is 14.3 Å². The van der Waals surface area contributed by atoms with Gasteiger partial charge < -0.3 is 14.8 Å². The van der Waals surface area contributed by atoms with Crippen LogP contribution in [0.3, 0.4) is 0 Å². The van der Waals surface area contributed by atoms with Crippen LogP contribution in [0.15, 0.2) is 0 Å². The predicted octanol–water partition coefficient (Wildman–Crippen LogP) is 1.30. The number of carbonyl (C=O) groups is 1. The van der Waals surface area contributed by atoms with Gasteiger partial charge in [0.2, 0.25) is 5.91 Å². The van der Waals surface area contributed by atoms with Crippen LogP contribution in [-0.4, -0.2) is 30.9 Å². The van der Waals surface area contributed by atoms with Crippen LogP contribution in [0.4, 0.5) is 0 Å². The first kappa shape index (κ1) is 12.5. The molecule has 0 radical (unpaired) electrons. The fourth-order valence-electron chi connectivity index (χ4n) is 1.44. The van der Waals surface area contributed by atoms with E-state index >= 15 is 0 Å². The molecule has 1 rings (SSSR count). The van der Waals surface area contributed by atoms with Crippen molar-refractivity contribution in [3.05, 3.63) is 0 Å². The van der Waals surface area contributed by atoms with E-state index in [4.69, 9.17) is 9.47 Å². The highest BCUT2D eigenvalue weighted by atomic mass is 16.7. The Morgan fingerprint density at radius 1 is 1.60 bits per heavy atom. The van der Waals surface area contributed by atoms with Crippen LogP contribution in [0.25, 0.3) is 0 Å². The van der Waals surface area contributed by atoms with E-state index in [2.05, 4.69) is 5.32 Å². The minimum absolute atomic E-state index is 0.0204. The molecule has 0 saturated carbocycles. The number of rotatable bonds is 4. The quantitative estimate of drug-likeness (QED) is 0.769. The number of ether oxygens (including phenoxy) is 2. The molecular formula is C11H21NO3. The molecule has 1 fully saturated rings. The minimum atomic E-state index is -0.508. The van der Waals surface area contributed by atoms with Crippen molar-refractivity contribution in [2.75, 3.05) is 13.2 Å². The topological polar surface area (TPSA) is 47.6 Å². The molecule has 0 aromatic carbocycles. The maximum Gasteiger partial charge on any atom is 0.222 e. The van der Waals surface area contributed by atoms with Gasteiger partial charge in [-0.3, -0.25) is 4.79 Å². The molecule has 1 aliphatic rings. The summed E-state index contributed by atoms with van der Waals surface area (Å²) in [7, 11) is 0. The van der Waals surface area contributed by atoms with Crippen molar-refractivity contribution in [1.82, 2.24) is 5.32 Å². The van der Waals surface area contributed by atoms with E-state index in [1.54, 1.807) is 0 Å². The molecule has 1 amide bonds. The predicted molar refractivity (Wildman–Crippen MR) is 57.4 cm³/mol. The van der Waals surface area contributed by atoms with E-state index in [9.17, 15) is 4.79 Å². The zero-order valence-electron chi connectivity index (χ0n) is 10.0. The van der Waals surface area contributed by atoms with Gasteiger partial charge in [0.15, 0.2) is 5.79 Å². The first-order valence-electron chi connectivity index (χ1n) is 5.54. The second-order valence-electron chi connectivity index (χ2n) is 4.51. The highest BCUT2D eigenvalue weighted by Crippen LogP contribution is 2.21. The zero-order valence-corrected chi connectivity index (χ0v) is 10.0. The maximum absolute atomic E-state index is 11.5. The zero-order chi connectivity index (χ0) is 11.5. The lowest BCUT2D eigenvalue weighted by Gasteiger charge is -2.17. The van der Waals surface area contributed by atoms with Crippen molar-refractivity contribution in [3.63, 3.8) is 0 Å². The van der Waals surface area contributed by atoms with Gasteiger partial charge in [0.1, 0.15) is 6.10 Å². The van der Waals surface area contributed by atoms with Gasteiger partial charge in [-0.05, 0) is 20.3 Å². The van der Waals surface area contributed by atoms with Gasteiger partial charge in [-0.2, -0.15) is 0 Å². The smallest absolute Gasteiger partial charge is 0.222 e. The summed E-state index contributed by atoms with van der Waals surface area (Å²) >= 11 is 0. The van der Waals surface area contributed by atoms with Gasteiger partial charge in [0.25, 0.3) is 0 Å².